The summed E-state index contributed by atoms with van der Waals surface area (Å²) in [5.74, 6) is -0.250. The Morgan fingerprint density at radius 1 is 1.11 bits per heavy atom. The number of hydrogen-bond acceptors (Lipinski definition) is 4. The smallest absolute Gasteiger partial charge is 0.243 e. The van der Waals surface area contributed by atoms with E-state index in [9.17, 15) is 17.6 Å². The van der Waals surface area contributed by atoms with Gasteiger partial charge in [-0.3, -0.25) is 4.79 Å². The van der Waals surface area contributed by atoms with E-state index in [-0.39, 0.29) is 22.2 Å². The van der Waals surface area contributed by atoms with Crippen LogP contribution in [0, 0.1) is 5.82 Å². The zero-order chi connectivity index (χ0) is 20.1. The predicted molar refractivity (Wildman–Crippen MR) is 103 cm³/mol. The van der Waals surface area contributed by atoms with Crippen molar-refractivity contribution in [2.75, 3.05) is 39.3 Å². The van der Waals surface area contributed by atoms with Crippen molar-refractivity contribution in [2.24, 2.45) is 0 Å². The van der Waals surface area contributed by atoms with E-state index >= 15 is 0 Å². The first-order valence-electron chi connectivity index (χ1n) is 9.20. The molecule has 1 heterocycles. The molecule has 0 radical (unpaired) electrons. The number of carbonyl (C=O) groups is 1. The Bertz CT molecular complexity index is 923. The summed E-state index contributed by atoms with van der Waals surface area (Å²) in [7, 11) is -3.57. The molecule has 1 aliphatic rings. The zero-order valence-corrected chi connectivity index (χ0v) is 16.5. The van der Waals surface area contributed by atoms with E-state index < -0.39 is 10.0 Å². The zero-order valence-electron chi connectivity index (χ0n) is 15.7. The van der Waals surface area contributed by atoms with Gasteiger partial charge in [-0.2, -0.15) is 4.31 Å². The van der Waals surface area contributed by atoms with Crippen molar-refractivity contribution >= 4 is 15.8 Å². The number of quaternary nitrogens is 1. The third kappa shape index (κ3) is 4.76. The lowest BCUT2D eigenvalue weighted by molar-refractivity contribution is -0.903. The molecule has 0 aromatic heterocycles. The van der Waals surface area contributed by atoms with Gasteiger partial charge in [-0.1, -0.05) is 24.3 Å². The Labute approximate surface area is 164 Å². The second kappa shape index (κ2) is 8.81. The molecule has 1 N–H and O–H groups in total. The van der Waals surface area contributed by atoms with Crippen LogP contribution in [0.1, 0.15) is 17.3 Å². The molecule has 0 unspecified atom stereocenters. The summed E-state index contributed by atoms with van der Waals surface area (Å²) in [5.41, 5.74) is 0.489. The first-order valence-corrected chi connectivity index (χ1v) is 10.6. The number of ketones is 1. The first kappa shape index (κ1) is 20.4. The number of hydrogen-bond donors (Lipinski definition) is 1. The van der Waals surface area contributed by atoms with Crippen LogP contribution in [-0.2, 0) is 10.0 Å². The highest BCUT2D eigenvalue weighted by Gasteiger charge is 2.30. The average Bonchev–Trinajstić information content (AvgIpc) is 2.70. The lowest BCUT2D eigenvalue weighted by Gasteiger charge is -2.31. The molecule has 0 amide bonds. The summed E-state index contributed by atoms with van der Waals surface area (Å²) >= 11 is 0. The van der Waals surface area contributed by atoms with E-state index in [2.05, 4.69) is 0 Å². The maximum atomic E-state index is 13.5. The number of carbonyl (C=O) groups excluding carboxylic acids is 1. The Hall–Kier alpha value is -2.29. The Balaban J connectivity index is 1.51. The number of sulfonamides is 1. The van der Waals surface area contributed by atoms with E-state index in [0.717, 1.165) is 0 Å². The number of benzene rings is 2. The minimum absolute atomic E-state index is 0.0984. The Kier molecular flexibility index (Phi) is 6.43. The van der Waals surface area contributed by atoms with Crippen LogP contribution in [0.3, 0.4) is 0 Å². The van der Waals surface area contributed by atoms with Gasteiger partial charge in [-0.15, -0.1) is 0 Å². The first-order chi connectivity index (χ1) is 13.4. The SMILES string of the molecule is CC(=O)c1ccc(S(=O)(=O)N2CC[NH+](CCOc3ccccc3F)CC2)cc1. The predicted octanol–water partition coefficient (Wildman–Crippen LogP) is 0.997. The number of para-hydroxylation sites is 1. The van der Waals surface area contributed by atoms with Gasteiger partial charge in [0, 0.05) is 5.56 Å². The Morgan fingerprint density at radius 3 is 2.36 bits per heavy atom. The lowest BCUT2D eigenvalue weighted by atomic mass is 10.2. The van der Waals surface area contributed by atoms with Crippen LogP contribution in [0.15, 0.2) is 53.4 Å². The largest absolute Gasteiger partial charge is 0.485 e. The van der Waals surface area contributed by atoms with Crippen LogP contribution in [0.4, 0.5) is 4.39 Å². The van der Waals surface area contributed by atoms with E-state index in [1.54, 1.807) is 18.2 Å². The van der Waals surface area contributed by atoms with E-state index in [4.69, 9.17) is 4.74 Å². The van der Waals surface area contributed by atoms with Crippen LogP contribution in [0.25, 0.3) is 0 Å². The minimum atomic E-state index is -3.57. The molecule has 3 rings (SSSR count). The number of Topliss-reactive ketones (excluding diaryl/α,β-unsaturated/α-hetero) is 1. The van der Waals surface area contributed by atoms with E-state index in [1.807, 2.05) is 0 Å². The number of nitrogens with one attached hydrogen (secondary N) is 1. The lowest BCUT2D eigenvalue weighted by Crippen LogP contribution is -3.15. The second-order valence-corrected chi connectivity index (χ2v) is 8.70. The molecule has 150 valence electrons. The van der Waals surface area contributed by atoms with Gasteiger partial charge >= 0.3 is 0 Å². The van der Waals surface area contributed by atoms with Crippen molar-refractivity contribution in [3.63, 3.8) is 0 Å². The van der Waals surface area contributed by atoms with Crippen LogP contribution in [0.2, 0.25) is 0 Å². The molecule has 8 heteroatoms. The minimum Gasteiger partial charge on any atom is -0.485 e. The van der Waals surface area contributed by atoms with Gasteiger partial charge in [0.1, 0.15) is 13.2 Å². The van der Waals surface area contributed by atoms with Crippen LogP contribution in [-0.4, -0.2) is 57.8 Å². The highest BCUT2D eigenvalue weighted by atomic mass is 32.2. The summed E-state index contributed by atoms with van der Waals surface area (Å²) < 4.78 is 46.0. The van der Waals surface area contributed by atoms with Gasteiger partial charge in [-0.25, -0.2) is 12.8 Å². The molecule has 1 saturated heterocycles. The third-order valence-corrected chi connectivity index (χ3v) is 6.79. The van der Waals surface area contributed by atoms with Gasteiger partial charge in [-0.05, 0) is 31.2 Å². The van der Waals surface area contributed by atoms with Gasteiger partial charge in [0.05, 0.1) is 31.1 Å². The van der Waals surface area contributed by atoms with Crippen molar-refractivity contribution in [1.29, 1.82) is 0 Å². The fourth-order valence-electron chi connectivity index (χ4n) is 3.17. The highest BCUT2D eigenvalue weighted by molar-refractivity contribution is 7.89. The number of halogens is 1. The summed E-state index contributed by atoms with van der Waals surface area (Å²) in [6.07, 6.45) is 0. The van der Waals surface area contributed by atoms with Gasteiger partial charge in [0.2, 0.25) is 10.0 Å². The fourth-order valence-corrected chi connectivity index (χ4v) is 4.61. The standard InChI is InChI=1S/C20H23FN2O4S/c1-16(24)17-6-8-18(9-7-17)28(25,26)23-12-10-22(11-13-23)14-15-27-20-5-3-2-4-19(20)21/h2-9H,10-15H2,1H3/p+1. The van der Waals surface area contributed by atoms with Crippen LogP contribution < -0.4 is 9.64 Å². The van der Waals surface area contributed by atoms with Crippen LogP contribution >= 0.6 is 0 Å². The molecule has 0 aliphatic carbocycles. The molecule has 1 aliphatic heterocycles. The third-order valence-electron chi connectivity index (χ3n) is 4.88. The second-order valence-electron chi connectivity index (χ2n) is 6.76. The average molecular weight is 407 g/mol. The molecule has 0 saturated carbocycles. The molecule has 1 fully saturated rings. The summed E-state index contributed by atoms with van der Waals surface area (Å²) in [6, 6.07) is 12.3. The normalized spacial score (nSPS) is 16.1. The van der Waals surface area contributed by atoms with E-state index in [1.165, 1.54) is 46.5 Å². The monoisotopic (exact) mass is 407 g/mol. The van der Waals surface area contributed by atoms with Gasteiger partial charge < -0.3 is 9.64 Å². The van der Waals surface area contributed by atoms with Gasteiger partial charge in [0.15, 0.2) is 17.3 Å². The fraction of sp³-hybridized carbons (Fsp3) is 0.350. The number of rotatable bonds is 7. The summed E-state index contributed by atoms with van der Waals surface area (Å²) in [4.78, 5) is 12.8. The molecule has 0 spiro atoms. The highest BCUT2D eigenvalue weighted by Crippen LogP contribution is 2.17. The molecule has 28 heavy (non-hydrogen) atoms. The number of piperazine rings is 1. The maximum Gasteiger partial charge on any atom is 0.243 e. The molecule has 2 aromatic carbocycles. The van der Waals surface area contributed by atoms with Crippen LogP contribution in [0.5, 0.6) is 5.75 Å². The summed E-state index contributed by atoms with van der Waals surface area (Å²) in [6.45, 7) is 4.63. The summed E-state index contributed by atoms with van der Waals surface area (Å²) in [5, 5.41) is 0. The number of ether oxygens (including phenoxy) is 1. The molecule has 0 atom stereocenters. The van der Waals surface area contributed by atoms with E-state index in [0.29, 0.717) is 44.9 Å². The molecule has 0 bridgehead atoms. The van der Waals surface area contributed by atoms with Crippen molar-refractivity contribution in [2.45, 2.75) is 11.8 Å². The molecule has 2 aromatic rings. The quantitative estimate of drug-likeness (QED) is 0.696. The topological polar surface area (TPSA) is 68.1 Å². The van der Waals surface area contributed by atoms with Gasteiger partial charge in [0.25, 0.3) is 0 Å². The number of nitrogens with zero attached hydrogens (tertiary/aromatic N) is 1. The van der Waals surface area contributed by atoms with Crippen molar-refractivity contribution in [1.82, 2.24) is 4.31 Å². The van der Waals surface area contributed by atoms with Crippen molar-refractivity contribution in [3.8, 4) is 5.75 Å². The molecular formula is C20H24FN2O4S+. The maximum absolute atomic E-state index is 13.5. The van der Waals surface area contributed by atoms with Crippen molar-refractivity contribution in [3.05, 3.63) is 59.9 Å². The van der Waals surface area contributed by atoms with Crippen molar-refractivity contribution < 1.29 is 27.2 Å². The molecule has 6 nitrogen and oxygen atoms in total. The molecular weight excluding hydrogens is 383 g/mol. The Morgan fingerprint density at radius 2 is 1.75 bits per heavy atom.